The molecule has 0 spiro atoms. The van der Waals surface area contributed by atoms with E-state index in [1.54, 1.807) is 11.3 Å². The second-order valence-electron chi connectivity index (χ2n) is 5.63. The van der Waals surface area contributed by atoms with Crippen molar-refractivity contribution in [3.05, 3.63) is 22.4 Å². The topological polar surface area (TPSA) is 15.3 Å². The van der Waals surface area contributed by atoms with Gasteiger partial charge in [0.1, 0.15) is 0 Å². The molecule has 1 heterocycles. The van der Waals surface area contributed by atoms with Gasteiger partial charge < -0.3 is 5.32 Å². The van der Waals surface area contributed by atoms with Crippen LogP contribution in [0.5, 0.6) is 0 Å². The van der Waals surface area contributed by atoms with E-state index < -0.39 is 0 Å². The van der Waals surface area contributed by atoms with E-state index in [1.165, 1.54) is 37.8 Å². The van der Waals surface area contributed by atoms with Crippen molar-refractivity contribution in [3.63, 3.8) is 0 Å². The first-order valence-corrected chi connectivity index (χ1v) is 7.72. The molecule has 2 fully saturated rings. The number of hydrogen-bond acceptors (Lipinski definition) is 3. The van der Waals surface area contributed by atoms with Gasteiger partial charge in [-0.25, -0.2) is 0 Å². The van der Waals surface area contributed by atoms with Crippen molar-refractivity contribution in [1.82, 2.24) is 10.2 Å². The molecule has 2 aliphatic rings. The van der Waals surface area contributed by atoms with E-state index in [4.69, 9.17) is 0 Å². The summed E-state index contributed by atoms with van der Waals surface area (Å²) in [6, 6.07) is 3.91. The SMILES string of the molecule is CN(Cc1ccsc1)C1CCC1CNC1CC1. The van der Waals surface area contributed by atoms with Crippen LogP contribution < -0.4 is 5.32 Å². The van der Waals surface area contributed by atoms with Crippen molar-refractivity contribution in [2.45, 2.75) is 44.3 Å². The van der Waals surface area contributed by atoms with Crippen molar-refractivity contribution >= 4 is 11.3 Å². The molecule has 2 aliphatic carbocycles. The summed E-state index contributed by atoms with van der Waals surface area (Å²) in [5, 5.41) is 8.12. The maximum Gasteiger partial charge on any atom is 0.0242 e. The van der Waals surface area contributed by atoms with Gasteiger partial charge in [0.15, 0.2) is 0 Å². The van der Waals surface area contributed by atoms with E-state index in [2.05, 4.69) is 34.1 Å². The molecule has 3 rings (SSSR count). The summed E-state index contributed by atoms with van der Waals surface area (Å²) in [7, 11) is 2.28. The van der Waals surface area contributed by atoms with Gasteiger partial charge >= 0.3 is 0 Å². The molecule has 2 unspecified atom stereocenters. The average Bonchev–Trinajstić information content (AvgIpc) is 2.94. The van der Waals surface area contributed by atoms with Crippen LogP contribution in [0.25, 0.3) is 0 Å². The summed E-state index contributed by atoms with van der Waals surface area (Å²) >= 11 is 1.80. The summed E-state index contributed by atoms with van der Waals surface area (Å²) in [5.74, 6) is 0.888. The third-order valence-electron chi connectivity index (χ3n) is 4.20. The number of nitrogens with one attached hydrogen (secondary N) is 1. The van der Waals surface area contributed by atoms with Crippen molar-refractivity contribution < 1.29 is 0 Å². The lowest BCUT2D eigenvalue weighted by molar-refractivity contribution is 0.0779. The van der Waals surface area contributed by atoms with Gasteiger partial charge in [-0.2, -0.15) is 11.3 Å². The molecule has 17 heavy (non-hydrogen) atoms. The summed E-state index contributed by atoms with van der Waals surface area (Å²) in [4.78, 5) is 2.55. The zero-order valence-electron chi connectivity index (χ0n) is 10.6. The minimum atomic E-state index is 0.807. The highest BCUT2D eigenvalue weighted by atomic mass is 32.1. The zero-order chi connectivity index (χ0) is 11.7. The van der Waals surface area contributed by atoms with E-state index in [9.17, 15) is 0 Å². The van der Waals surface area contributed by atoms with Crippen LogP contribution in [0.4, 0.5) is 0 Å². The van der Waals surface area contributed by atoms with Crippen molar-refractivity contribution in [3.8, 4) is 0 Å². The zero-order valence-corrected chi connectivity index (χ0v) is 11.4. The summed E-state index contributed by atoms with van der Waals surface area (Å²) in [6.45, 7) is 2.36. The highest BCUT2D eigenvalue weighted by molar-refractivity contribution is 7.07. The maximum absolute atomic E-state index is 3.68. The van der Waals surface area contributed by atoms with E-state index in [-0.39, 0.29) is 0 Å². The lowest BCUT2D eigenvalue weighted by Gasteiger charge is -2.43. The second-order valence-corrected chi connectivity index (χ2v) is 6.41. The molecule has 0 saturated heterocycles. The van der Waals surface area contributed by atoms with Crippen molar-refractivity contribution in [2.75, 3.05) is 13.6 Å². The Kier molecular flexibility index (Phi) is 3.50. The first-order chi connectivity index (χ1) is 8.33. The van der Waals surface area contributed by atoms with Crippen LogP contribution in [0.3, 0.4) is 0 Å². The van der Waals surface area contributed by atoms with E-state index in [0.717, 1.165) is 24.5 Å². The number of thiophene rings is 1. The Morgan fingerprint density at radius 2 is 2.24 bits per heavy atom. The van der Waals surface area contributed by atoms with Gasteiger partial charge in [-0.15, -0.1) is 0 Å². The Balaban J connectivity index is 1.46. The molecule has 0 radical (unpaired) electrons. The molecule has 2 nitrogen and oxygen atoms in total. The van der Waals surface area contributed by atoms with Gasteiger partial charge in [-0.05, 0) is 67.6 Å². The van der Waals surface area contributed by atoms with Gasteiger partial charge in [-0.1, -0.05) is 0 Å². The quantitative estimate of drug-likeness (QED) is 0.835. The Bertz CT molecular complexity index is 345. The molecule has 1 N–H and O–H groups in total. The molecule has 0 aliphatic heterocycles. The fourth-order valence-electron chi connectivity index (χ4n) is 2.76. The van der Waals surface area contributed by atoms with Crippen LogP contribution in [0.15, 0.2) is 16.8 Å². The van der Waals surface area contributed by atoms with Gasteiger partial charge in [-0.3, -0.25) is 4.90 Å². The molecule has 94 valence electrons. The first-order valence-electron chi connectivity index (χ1n) is 6.77. The molecule has 0 amide bonds. The molecule has 1 aromatic rings. The predicted molar refractivity (Wildman–Crippen MR) is 73.3 cm³/mol. The Morgan fingerprint density at radius 1 is 1.35 bits per heavy atom. The third-order valence-corrected chi connectivity index (χ3v) is 4.93. The normalized spacial score (nSPS) is 28.4. The van der Waals surface area contributed by atoms with Crippen LogP contribution in [-0.2, 0) is 6.54 Å². The highest BCUT2D eigenvalue weighted by Crippen LogP contribution is 2.32. The first kappa shape index (κ1) is 11.7. The lowest BCUT2D eigenvalue weighted by atomic mass is 9.78. The molecule has 1 aromatic heterocycles. The van der Waals surface area contributed by atoms with E-state index in [1.807, 2.05) is 0 Å². The number of rotatable bonds is 6. The minimum Gasteiger partial charge on any atom is -0.314 e. The van der Waals surface area contributed by atoms with Crippen LogP contribution in [-0.4, -0.2) is 30.6 Å². The van der Waals surface area contributed by atoms with Crippen LogP contribution >= 0.6 is 11.3 Å². The maximum atomic E-state index is 3.68. The van der Waals surface area contributed by atoms with E-state index in [0.29, 0.717) is 0 Å². The fourth-order valence-corrected chi connectivity index (χ4v) is 3.42. The van der Waals surface area contributed by atoms with Crippen LogP contribution in [0.2, 0.25) is 0 Å². The average molecular weight is 250 g/mol. The van der Waals surface area contributed by atoms with Crippen molar-refractivity contribution in [2.24, 2.45) is 5.92 Å². The molecule has 3 heteroatoms. The molecule has 0 bridgehead atoms. The lowest BCUT2D eigenvalue weighted by Crippen LogP contribution is -2.48. The van der Waals surface area contributed by atoms with Crippen LogP contribution in [0, 0.1) is 5.92 Å². The minimum absolute atomic E-state index is 0.807. The number of hydrogen-bond donors (Lipinski definition) is 1. The monoisotopic (exact) mass is 250 g/mol. The Hall–Kier alpha value is -0.380. The smallest absolute Gasteiger partial charge is 0.0242 e. The number of nitrogens with zero attached hydrogens (tertiary/aromatic N) is 1. The molecule has 2 saturated carbocycles. The largest absolute Gasteiger partial charge is 0.314 e. The molecule has 0 aromatic carbocycles. The van der Waals surface area contributed by atoms with Gasteiger partial charge in [0.05, 0.1) is 0 Å². The highest BCUT2D eigenvalue weighted by Gasteiger charge is 2.34. The summed E-state index contributed by atoms with van der Waals surface area (Å²) in [6.07, 6.45) is 5.61. The van der Waals surface area contributed by atoms with Gasteiger partial charge in [0, 0.05) is 18.6 Å². The summed E-state index contributed by atoms with van der Waals surface area (Å²) < 4.78 is 0. The predicted octanol–water partition coefficient (Wildman–Crippen LogP) is 2.71. The van der Waals surface area contributed by atoms with Crippen molar-refractivity contribution in [1.29, 1.82) is 0 Å². The third kappa shape index (κ3) is 2.90. The standard InChI is InChI=1S/C14H22N2S/c1-16(9-11-6-7-17-10-11)14-5-2-12(14)8-15-13-3-4-13/h6-7,10,12-15H,2-5,8-9H2,1H3. The Labute approximate surface area is 108 Å². The van der Waals surface area contributed by atoms with Gasteiger partial charge in [0.2, 0.25) is 0 Å². The Morgan fingerprint density at radius 3 is 2.82 bits per heavy atom. The molecule has 2 atom stereocenters. The second kappa shape index (κ2) is 5.09. The van der Waals surface area contributed by atoms with Gasteiger partial charge in [0.25, 0.3) is 0 Å². The van der Waals surface area contributed by atoms with Crippen LogP contribution in [0.1, 0.15) is 31.2 Å². The molecular weight excluding hydrogens is 228 g/mol. The van der Waals surface area contributed by atoms with E-state index >= 15 is 0 Å². The molecular formula is C14H22N2S. The fraction of sp³-hybridized carbons (Fsp3) is 0.714. The summed E-state index contributed by atoms with van der Waals surface area (Å²) in [5.41, 5.74) is 1.47.